The van der Waals surface area contributed by atoms with Gasteiger partial charge in [0.05, 0.1) is 0 Å². The van der Waals surface area contributed by atoms with E-state index in [1.165, 1.54) is 31.3 Å². The maximum Gasteiger partial charge on any atom is 0.0412 e. The largest absolute Gasteiger partial charge is 0.135 e. The fraction of sp³-hybridized carbons (Fsp3) is 0.0476. The van der Waals surface area contributed by atoms with Gasteiger partial charge in [-0.3, -0.25) is 0 Å². The van der Waals surface area contributed by atoms with E-state index in [-0.39, 0.29) is 0 Å². The normalized spacial score (nSPS) is 11.7. The van der Waals surface area contributed by atoms with Crippen LogP contribution in [0.15, 0.2) is 66.7 Å². The Balaban J connectivity index is 2.11. The summed E-state index contributed by atoms with van der Waals surface area (Å²) in [7, 11) is 0. The number of halogens is 1. The van der Waals surface area contributed by atoms with Gasteiger partial charge in [-0.2, -0.15) is 0 Å². The Morgan fingerprint density at radius 1 is 0.870 bits per heavy atom. The van der Waals surface area contributed by atoms with Gasteiger partial charge in [0.15, 0.2) is 0 Å². The van der Waals surface area contributed by atoms with E-state index in [0.29, 0.717) is 0 Å². The molecule has 0 atom stereocenters. The molecule has 4 aromatic rings. The molecule has 0 saturated heterocycles. The van der Waals surface area contributed by atoms with E-state index in [1.807, 2.05) is 30.4 Å². The minimum absolute atomic E-state index is 0.768. The van der Waals surface area contributed by atoms with E-state index in [0.717, 1.165) is 10.6 Å². The molecule has 1 heterocycles. The first-order valence-electron chi connectivity index (χ1n) is 7.61. The Morgan fingerprint density at radius 3 is 2.57 bits per heavy atom. The molecule has 0 fully saturated rings. The number of fused-ring (bicyclic) bond motifs is 3. The van der Waals surface area contributed by atoms with E-state index in [2.05, 4.69) is 60.7 Å². The second kappa shape index (κ2) is 5.84. The van der Waals surface area contributed by atoms with E-state index in [9.17, 15) is 0 Å². The standard InChI is InChI=1S/C21H15ClS/c1-2-6-14-13-15(22)11-12-16(14)17-8-5-10-20-21(17)18-7-3-4-9-19(18)23-20/h2-13H,1H3. The van der Waals surface area contributed by atoms with Crippen LogP contribution in [0, 0.1) is 0 Å². The van der Waals surface area contributed by atoms with Crippen LogP contribution in [0.1, 0.15) is 12.5 Å². The van der Waals surface area contributed by atoms with Crippen molar-refractivity contribution in [3.05, 3.63) is 77.3 Å². The summed E-state index contributed by atoms with van der Waals surface area (Å²) in [4.78, 5) is 0. The maximum atomic E-state index is 6.20. The molecule has 2 heteroatoms. The lowest BCUT2D eigenvalue weighted by Gasteiger charge is -2.09. The number of benzene rings is 3. The summed E-state index contributed by atoms with van der Waals surface area (Å²) in [5, 5.41) is 3.43. The molecule has 0 aliphatic heterocycles. The van der Waals surface area contributed by atoms with Crippen molar-refractivity contribution in [3.63, 3.8) is 0 Å². The fourth-order valence-corrected chi connectivity index (χ4v) is 4.41. The van der Waals surface area contributed by atoms with Gasteiger partial charge in [-0.15, -0.1) is 11.3 Å². The molecule has 0 aliphatic rings. The predicted octanol–water partition coefficient (Wildman–Crippen LogP) is 7.41. The molecular formula is C21H15ClS. The zero-order valence-electron chi connectivity index (χ0n) is 12.7. The predicted molar refractivity (Wildman–Crippen MR) is 104 cm³/mol. The van der Waals surface area contributed by atoms with Crippen molar-refractivity contribution >= 4 is 49.2 Å². The minimum atomic E-state index is 0.768. The van der Waals surface area contributed by atoms with E-state index >= 15 is 0 Å². The van der Waals surface area contributed by atoms with Crippen molar-refractivity contribution < 1.29 is 0 Å². The highest BCUT2D eigenvalue weighted by atomic mass is 35.5. The Hall–Kier alpha value is -2.09. The third-order valence-corrected chi connectivity index (χ3v) is 5.42. The molecule has 0 nitrogen and oxygen atoms in total. The monoisotopic (exact) mass is 334 g/mol. The summed E-state index contributed by atoms with van der Waals surface area (Å²) < 4.78 is 2.65. The van der Waals surface area contributed by atoms with Gasteiger partial charge in [0.25, 0.3) is 0 Å². The molecule has 0 bridgehead atoms. The van der Waals surface area contributed by atoms with Crippen molar-refractivity contribution in [1.29, 1.82) is 0 Å². The maximum absolute atomic E-state index is 6.20. The highest BCUT2D eigenvalue weighted by molar-refractivity contribution is 7.25. The zero-order valence-corrected chi connectivity index (χ0v) is 14.3. The summed E-state index contributed by atoms with van der Waals surface area (Å²) in [5.41, 5.74) is 3.65. The molecule has 0 saturated carbocycles. The van der Waals surface area contributed by atoms with Crippen molar-refractivity contribution in [1.82, 2.24) is 0 Å². The topological polar surface area (TPSA) is 0 Å². The molecule has 0 radical (unpaired) electrons. The first-order valence-corrected chi connectivity index (χ1v) is 8.80. The van der Waals surface area contributed by atoms with Gasteiger partial charge in [0.2, 0.25) is 0 Å². The number of hydrogen-bond donors (Lipinski definition) is 0. The smallest absolute Gasteiger partial charge is 0.0412 e. The van der Waals surface area contributed by atoms with Gasteiger partial charge >= 0.3 is 0 Å². The van der Waals surface area contributed by atoms with Gasteiger partial charge in [-0.25, -0.2) is 0 Å². The quantitative estimate of drug-likeness (QED) is 0.358. The summed E-state index contributed by atoms with van der Waals surface area (Å²) in [5.74, 6) is 0. The molecule has 4 rings (SSSR count). The van der Waals surface area contributed by atoms with Crippen molar-refractivity contribution in [2.75, 3.05) is 0 Å². The second-order valence-electron chi connectivity index (χ2n) is 5.51. The van der Waals surface area contributed by atoms with Crippen LogP contribution >= 0.6 is 22.9 Å². The van der Waals surface area contributed by atoms with Gasteiger partial charge < -0.3 is 0 Å². The third kappa shape index (κ3) is 2.46. The fourth-order valence-electron chi connectivity index (χ4n) is 3.10. The van der Waals surface area contributed by atoms with Crippen molar-refractivity contribution in [2.24, 2.45) is 0 Å². The van der Waals surface area contributed by atoms with Crippen molar-refractivity contribution in [2.45, 2.75) is 6.92 Å². The molecule has 0 unspecified atom stereocenters. The average Bonchev–Trinajstić information content (AvgIpc) is 2.94. The summed E-state index contributed by atoms with van der Waals surface area (Å²) in [6.45, 7) is 2.03. The molecule has 23 heavy (non-hydrogen) atoms. The average molecular weight is 335 g/mol. The van der Waals surface area contributed by atoms with Crippen molar-refractivity contribution in [3.8, 4) is 11.1 Å². The number of hydrogen-bond acceptors (Lipinski definition) is 1. The van der Waals surface area contributed by atoms with Crippen LogP contribution in [0.25, 0.3) is 37.4 Å². The number of thiophene rings is 1. The SMILES string of the molecule is CC=Cc1cc(Cl)ccc1-c1cccc2sc3ccccc3c12. The molecular weight excluding hydrogens is 320 g/mol. The lowest BCUT2D eigenvalue weighted by atomic mass is 9.95. The van der Waals surface area contributed by atoms with E-state index in [1.54, 1.807) is 0 Å². The van der Waals surface area contributed by atoms with Crippen LogP contribution in [-0.4, -0.2) is 0 Å². The zero-order chi connectivity index (χ0) is 15.8. The molecule has 3 aromatic carbocycles. The second-order valence-corrected chi connectivity index (χ2v) is 7.03. The Kier molecular flexibility index (Phi) is 3.68. The lowest BCUT2D eigenvalue weighted by Crippen LogP contribution is -1.85. The van der Waals surface area contributed by atoms with Gasteiger partial charge in [-0.05, 0) is 47.9 Å². The van der Waals surface area contributed by atoms with Gasteiger partial charge in [0.1, 0.15) is 0 Å². The molecule has 0 N–H and O–H groups in total. The Morgan fingerprint density at radius 2 is 1.70 bits per heavy atom. The Labute approximate surface area is 144 Å². The molecule has 0 aliphatic carbocycles. The molecule has 0 spiro atoms. The first-order chi connectivity index (χ1) is 11.3. The molecule has 0 amide bonds. The van der Waals surface area contributed by atoms with Crippen LogP contribution in [0.5, 0.6) is 0 Å². The minimum Gasteiger partial charge on any atom is -0.135 e. The first kappa shape index (κ1) is 14.5. The van der Waals surface area contributed by atoms with Gasteiger partial charge in [0, 0.05) is 25.2 Å². The van der Waals surface area contributed by atoms with E-state index in [4.69, 9.17) is 11.6 Å². The summed E-state index contributed by atoms with van der Waals surface area (Å²) >= 11 is 8.05. The molecule has 112 valence electrons. The molecule has 1 aromatic heterocycles. The highest BCUT2D eigenvalue weighted by Gasteiger charge is 2.12. The van der Waals surface area contributed by atoms with Crippen LogP contribution in [0.3, 0.4) is 0 Å². The van der Waals surface area contributed by atoms with Crippen LogP contribution in [-0.2, 0) is 0 Å². The lowest BCUT2D eigenvalue weighted by molar-refractivity contribution is 1.61. The summed E-state index contributed by atoms with van der Waals surface area (Å²) in [6, 6.07) is 21.3. The van der Waals surface area contributed by atoms with Gasteiger partial charge in [-0.1, -0.05) is 60.2 Å². The van der Waals surface area contributed by atoms with Crippen LogP contribution in [0.4, 0.5) is 0 Å². The highest BCUT2D eigenvalue weighted by Crippen LogP contribution is 2.41. The Bertz CT molecular complexity index is 1040. The van der Waals surface area contributed by atoms with E-state index < -0.39 is 0 Å². The summed E-state index contributed by atoms with van der Waals surface area (Å²) in [6.07, 6.45) is 4.18. The van der Waals surface area contributed by atoms with Crippen LogP contribution in [0.2, 0.25) is 5.02 Å². The number of allylic oxidation sites excluding steroid dienone is 1. The number of rotatable bonds is 2. The van der Waals surface area contributed by atoms with Crippen LogP contribution < -0.4 is 0 Å². The third-order valence-electron chi connectivity index (χ3n) is 4.05.